The van der Waals surface area contributed by atoms with Crippen LogP contribution in [0.3, 0.4) is 0 Å². The summed E-state index contributed by atoms with van der Waals surface area (Å²) >= 11 is 3.38. The number of hydrogen-bond acceptors (Lipinski definition) is 4. The molecule has 3 rings (SSSR count). The summed E-state index contributed by atoms with van der Waals surface area (Å²) in [4.78, 5) is 24.4. The molecule has 0 fully saturated rings. The molecule has 7 heteroatoms. The van der Waals surface area contributed by atoms with Crippen LogP contribution >= 0.6 is 15.9 Å². The molecule has 26 heavy (non-hydrogen) atoms. The maximum absolute atomic E-state index is 12.3. The van der Waals surface area contributed by atoms with E-state index in [1.807, 2.05) is 30.3 Å². The normalized spacial score (nSPS) is 10.4. The van der Waals surface area contributed by atoms with Gasteiger partial charge in [-0.1, -0.05) is 40.2 Å². The van der Waals surface area contributed by atoms with Crippen molar-refractivity contribution in [2.75, 3.05) is 12.4 Å². The SMILES string of the molecule is COc1ccccc1NC(=O)Cn1nc(-c2ccc(Br)cc2)ccc1=O. The van der Waals surface area contributed by atoms with Crippen LogP contribution in [0.2, 0.25) is 0 Å². The fourth-order valence-corrected chi connectivity index (χ4v) is 2.67. The first-order chi connectivity index (χ1) is 12.6. The zero-order valence-corrected chi connectivity index (χ0v) is 15.6. The Labute approximate surface area is 158 Å². The van der Waals surface area contributed by atoms with Crippen LogP contribution in [-0.2, 0) is 11.3 Å². The standard InChI is InChI=1S/C19H16BrN3O3/c1-26-17-5-3-2-4-16(17)21-18(24)12-23-19(25)11-10-15(22-23)13-6-8-14(20)9-7-13/h2-11H,12H2,1H3,(H,21,24). The van der Waals surface area contributed by atoms with Crippen LogP contribution in [0, 0.1) is 0 Å². The van der Waals surface area contributed by atoms with E-state index in [1.54, 1.807) is 24.3 Å². The molecule has 0 unspecified atom stereocenters. The van der Waals surface area contributed by atoms with Crippen LogP contribution in [-0.4, -0.2) is 22.8 Å². The minimum atomic E-state index is -0.364. The van der Waals surface area contributed by atoms with Crippen molar-refractivity contribution < 1.29 is 9.53 Å². The number of nitrogens with zero attached hydrogens (tertiary/aromatic N) is 2. The Kier molecular flexibility index (Phi) is 5.48. The first-order valence-electron chi connectivity index (χ1n) is 7.84. The summed E-state index contributed by atoms with van der Waals surface area (Å²) < 4.78 is 7.29. The van der Waals surface area contributed by atoms with Crippen LogP contribution in [0.25, 0.3) is 11.3 Å². The zero-order chi connectivity index (χ0) is 18.5. The van der Waals surface area contributed by atoms with Crippen molar-refractivity contribution in [1.82, 2.24) is 9.78 Å². The molecule has 0 aliphatic carbocycles. The molecular weight excluding hydrogens is 398 g/mol. The number of methoxy groups -OCH3 is 1. The Morgan fingerprint density at radius 3 is 2.58 bits per heavy atom. The van der Waals surface area contributed by atoms with E-state index in [0.29, 0.717) is 17.1 Å². The number of ether oxygens (including phenoxy) is 1. The molecule has 2 aromatic carbocycles. The number of anilines is 1. The number of halogens is 1. The van der Waals surface area contributed by atoms with Crippen molar-refractivity contribution in [3.8, 4) is 17.0 Å². The van der Waals surface area contributed by atoms with E-state index in [4.69, 9.17) is 4.74 Å². The van der Waals surface area contributed by atoms with Crippen LogP contribution < -0.4 is 15.6 Å². The van der Waals surface area contributed by atoms with Crippen LogP contribution in [0.4, 0.5) is 5.69 Å². The number of aromatic nitrogens is 2. The van der Waals surface area contributed by atoms with Gasteiger partial charge in [0.15, 0.2) is 0 Å². The Balaban J connectivity index is 1.81. The molecule has 0 bridgehead atoms. The zero-order valence-electron chi connectivity index (χ0n) is 14.0. The molecule has 1 aromatic heterocycles. The maximum atomic E-state index is 12.3. The lowest BCUT2D eigenvalue weighted by Crippen LogP contribution is -2.29. The Bertz CT molecular complexity index is 984. The first-order valence-corrected chi connectivity index (χ1v) is 8.63. The van der Waals surface area contributed by atoms with Crippen molar-refractivity contribution >= 4 is 27.5 Å². The van der Waals surface area contributed by atoms with Gasteiger partial charge in [0, 0.05) is 16.1 Å². The van der Waals surface area contributed by atoms with Gasteiger partial charge >= 0.3 is 0 Å². The summed E-state index contributed by atoms with van der Waals surface area (Å²) in [6.07, 6.45) is 0. The number of carbonyl (C=O) groups is 1. The number of rotatable bonds is 5. The van der Waals surface area contributed by atoms with E-state index >= 15 is 0 Å². The molecule has 1 amide bonds. The number of amides is 1. The predicted octanol–water partition coefficient (Wildman–Crippen LogP) is 3.32. The van der Waals surface area contributed by atoms with E-state index in [2.05, 4.69) is 26.3 Å². The molecule has 0 atom stereocenters. The monoisotopic (exact) mass is 413 g/mol. The number of para-hydroxylation sites is 2. The number of nitrogens with one attached hydrogen (secondary N) is 1. The van der Waals surface area contributed by atoms with Crippen molar-refractivity contribution in [3.05, 3.63) is 75.5 Å². The largest absolute Gasteiger partial charge is 0.495 e. The lowest BCUT2D eigenvalue weighted by Gasteiger charge is -2.11. The summed E-state index contributed by atoms with van der Waals surface area (Å²) in [5.74, 6) is 0.182. The third-order valence-corrected chi connectivity index (χ3v) is 4.21. The van der Waals surface area contributed by atoms with Gasteiger partial charge in [0.1, 0.15) is 12.3 Å². The van der Waals surface area contributed by atoms with Gasteiger partial charge in [-0.05, 0) is 30.3 Å². The van der Waals surface area contributed by atoms with Crippen molar-refractivity contribution in [3.63, 3.8) is 0 Å². The molecular formula is C19H16BrN3O3. The summed E-state index contributed by atoms with van der Waals surface area (Å²) in [5.41, 5.74) is 1.66. The van der Waals surface area contributed by atoms with Crippen molar-refractivity contribution in [2.24, 2.45) is 0 Å². The molecule has 0 spiro atoms. The molecule has 1 heterocycles. The Morgan fingerprint density at radius 2 is 1.85 bits per heavy atom. The van der Waals surface area contributed by atoms with Crippen molar-refractivity contribution in [2.45, 2.75) is 6.54 Å². The van der Waals surface area contributed by atoms with Gasteiger partial charge in [-0.25, -0.2) is 4.68 Å². The second-order valence-electron chi connectivity index (χ2n) is 5.47. The molecule has 3 aromatic rings. The van der Waals surface area contributed by atoms with Gasteiger partial charge in [-0.15, -0.1) is 0 Å². The predicted molar refractivity (Wildman–Crippen MR) is 103 cm³/mol. The van der Waals surface area contributed by atoms with Gasteiger partial charge in [-0.2, -0.15) is 5.10 Å². The average Bonchev–Trinajstić information content (AvgIpc) is 2.64. The fourth-order valence-electron chi connectivity index (χ4n) is 2.41. The molecule has 0 saturated carbocycles. The van der Waals surface area contributed by atoms with E-state index in [1.165, 1.54) is 13.2 Å². The van der Waals surface area contributed by atoms with Gasteiger partial charge in [-0.3, -0.25) is 9.59 Å². The van der Waals surface area contributed by atoms with Crippen LogP contribution in [0.15, 0.2) is 69.9 Å². The Morgan fingerprint density at radius 1 is 1.12 bits per heavy atom. The number of carbonyl (C=O) groups excluding carboxylic acids is 1. The third kappa shape index (κ3) is 4.18. The smallest absolute Gasteiger partial charge is 0.267 e. The highest BCUT2D eigenvalue weighted by molar-refractivity contribution is 9.10. The summed E-state index contributed by atoms with van der Waals surface area (Å²) in [7, 11) is 1.53. The maximum Gasteiger partial charge on any atom is 0.267 e. The second-order valence-corrected chi connectivity index (χ2v) is 6.39. The van der Waals surface area contributed by atoms with E-state index in [-0.39, 0.29) is 18.0 Å². The topological polar surface area (TPSA) is 73.2 Å². The van der Waals surface area contributed by atoms with E-state index in [9.17, 15) is 9.59 Å². The molecule has 1 N–H and O–H groups in total. The minimum absolute atomic E-state index is 0.193. The fraction of sp³-hybridized carbons (Fsp3) is 0.105. The van der Waals surface area contributed by atoms with Crippen LogP contribution in [0.5, 0.6) is 5.75 Å². The number of benzene rings is 2. The average molecular weight is 414 g/mol. The first kappa shape index (κ1) is 17.9. The lowest BCUT2D eigenvalue weighted by molar-refractivity contribution is -0.117. The van der Waals surface area contributed by atoms with Gasteiger partial charge in [0.25, 0.3) is 5.56 Å². The Hall–Kier alpha value is -2.93. The lowest BCUT2D eigenvalue weighted by atomic mass is 10.1. The second kappa shape index (κ2) is 7.97. The molecule has 0 aliphatic heterocycles. The van der Waals surface area contributed by atoms with Gasteiger partial charge in [0.05, 0.1) is 18.5 Å². The van der Waals surface area contributed by atoms with Crippen molar-refractivity contribution in [1.29, 1.82) is 0 Å². The van der Waals surface area contributed by atoms with E-state index in [0.717, 1.165) is 14.7 Å². The summed E-state index contributed by atoms with van der Waals surface area (Å²) in [6, 6.07) is 17.7. The molecule has 0 saturated heterocycles. The van der Waals surface area contributed by atoms with Gasteiger partial charge in [0.2, 0.25) is 5.91 Å². The molecule has 132 valence electrons. The number of hydrogen-bond donors (Lipinski definition) is 1. The molecule has 0 radical (unpaired) electrons. The van der Waals surface area contributed by atoms with Crippen LogP contribution in [0.1, 0.15) is 0 Å². The highest BCUT2D eigenvalue weighted by Gasteiger charge is 2.10. The highest BCUT2D eigenvalue weighted by atomic mass is 79.9. The summed E-state index contributed by atoms with van der Waals surface area (Å²) in [6.45, 7) is -0.193. The quantitative estimate of drug-likeness (QED) is 0.695. The molecule has 6 nitrogen and oxygen atoms in total. The minimum Gasteiger partial charge on any atom is -0.495 e. The highest BCUT2D eigenvalue weighted by Crippen LogP contribution is 2.23. The van der Waals surface area contributed by atoms with E-state index < -0.39 is 0 Å². The summed E-state index contributed by atoms with van der Waals surface area (Å²) in [5, 5.41) is 7.03. The molecule has 0 aliphatic rings. The van der Waals surface area contributed by atoms with Gasteiger partial charge < -0.3 is 10.1 Å². The third-order valence-electron chi connectivity index (χ3n) is 3.68.